The Labute approximate surface area is 191 Å². The Morgan fingerprint density at radius 1 is 1.22 bits per heavy atom. The largest absolute Gasteiger partial charge is 0.365 e. The van der Waals surface area contributed by atoms with E-state index in [4.69, 9.17) is 17.3 Å². The number of sulfone groups is 1. The summed E-state index contributed by atoms with van der Waals surface area (Å²) < 4.78 is 41.0. The molecule has 1 aromatic heterocycles. The number of tetrazole rings is 1. The summed E-state index contributed by atoms with van der Waals surface area (Å²) in [7, 11) is -3.79. The smallest absolute Gasteiger partial charge is 0.207 e. The molecule has 2 N–H and O–H groups in total. The number of anilines is 1. The van der Waals surface area contributed by atoms with Gasteiger partial charge in [0.15, 0.2) is 9.84 Å². The fourth-order valence-corrected chi connectivity index (χ4v) is 5.35. The van der Waals surface area contributed by atoms with E-state index in [1.165, 1.54) is 10.9 Å². The van der Waals surface area contributed by atoms with Crippen LogP contribution in [0.4, 0.5) is 10.1 Å². The second-order valence-electron chi connectivity index (χ2n) is 8.92. The van der Waals surface area contributed by atoms with Crippen molar-refractivity contribution in [1.82, 2.24) is 20.2 Å². The van der Waals surface area contributed by atoms with Gasteiger partial charge in [-0.1, -0.05) is 23.7 Å². The Morgan fingerprint density at radius 2 is 1.91 bits per heavy atom. The average Bonchev–Trinajstić information content (AvgIpc) is 3.16. The molecule has 0 spiro atoms. The van der Waals surface area contributed by atoms with E-state index in [2.05, 4.69) is 15.4 Å². The molecule has 1 aliphatic rings. The topological polar surface area (TPSA) is 107 Å². The molecule has 32 heavy (non-hydrogen) atoms. The van der Waals surface area contributed by atoms with Crippen molar-refractivity contribution >= 4 is 27.1 Å². The number of halogens is 2. The van der Waals surface area contributed by atoms with Crippen LogP contribution in [-0.2, 0) is 21.9 Å². The maximum Gasteiger partial charge on any atom is 0.207 e. The molecule has 2 aromatic carbocycles. The van der Waals surface area contributed by atoms with Gasteiger partial charge in [0.1, 0.15) is 5.82 Å². The third-order valence-electron chi connectivity index (χ3n) is 5.15. The second-order valence-corrected chi connectivity index (χ2v) is 11.4. The summed E-state index contributed by atoms with van der Waals surface area (Å²) in [5.74, 6) is -0.922. The molecule has 8 nitrogen and oxygen atoms in total. The number of nitrogens with zero attached hydrogens (tertiary/aromatic N) is 5. The van der Waals surface area contributed by atoms with Gasteiger partial charge in [-0.05, 0) is 55.8 Å². The zero-order chi connectivity index (χ0) is 23.3. The lowest BCUT2D eigenvalue weighted by atomic mass is 10.1. The van der Waals surface area contributed by atoms with Crippen LogP contribution in [0.25, 0.3) is 11.4 Å². The van der Waals surface area contributed by atoms with Gasteiger partial charge in [-0.25, -0.2) is 12.8 Å². The lowest BCUT2D eigenvalue weighted by molar-refractivity contribution is 0.306. The van der Waals surface area contributed by atoms with E-state index in [1.807, 2.05) is 37.8 Å². The summed E-state index contributed by atoms with van der Waals surface area (Å²) in [4.78, 5) is 3.14. The predicted molar refractivity (Wildman–Crippen MR) is 121 cm³/mol. The van der Waals surface area contributed by atoms with Crippen molar-refractivity contribution in [2.45, 2.75) is 43.8 Å². The Morgan fingerprint density at radius 3 is 2.53 bits per heavy atom. The van der Waals surface area contributed by atoms with Crippen LogP contribution in [0.2, 0.25) is 5.02 Å². The first-order valence-corrected chi connectivity index (χ1v) is 12.1. The number of rotatable bonds is 3. The Bertz CT molecular complexity index is 1250. The van der Waals surface area contributed by atoms with Gasteiger partial charge < -0.3 is 10.6 Å². The third-order valence-corrected chi connectivity index (χ3v) is 7.27. The van der Waals surface area contributed by atoms with Crippen LogP contribution in [-0.4, -0.2) is 47.0 Å². The van der Waals surface area contributed by atoms with Gasteiger partial charge in [-0.2, -0.15) is 4.80 Å². The zero-order valence-corrected chi connectivity index (χ0v) is 19.5. The molecule has 0 amide bonds. The quantitative estimate of drug-likeness (QED) is 0.616. The zero-order valence-electron chi connectivity index (χ0n) is 18.0. The van der Waals surface area contributed by atoms with E-state index in [1.54, 1.807) is 12.1 Å². The summed E-state index contributed by atoms with van der Waals surface area (Å²) in [5, 5.41) is 12.9. The molecule has 0 radical (unpaired) electrons. The number of aromatic nitrogens is 4. The van der Waals surface area contributed by atoms with Crippen molar-refractivity contribution < 1.29 is 12.8 Å². The van der Waals surface area contributed by atoms with E-state index in [0.717, 1.165) is 11.6 Å². The highest BCUT2D eigenvalue weighted by Crippen LogP contribution is 2.36. The van der Waals surface area contributed by atoms with Gasteiger partial charge in [0, 0.05) is 24.2 Å². The van der Waals surface area contributed by atoms with Crippen LogP contribution in [0.3, 0.4) is 0 Å². The van der Waals surface area contributed by atoms with Crippen molar-refractivity contribution in [1.29, 1.82) is 0 Å². The van der Waals surface area contributed by atoms with Crippen molar-refractivity contribution in [2.75, 3.05) is 17.2 Å². The van der Waals surface area contributed by atoms with E-state index < -0.39 is 27.2 Å². The first-order chi connectivity index (χ1) is 14.9. The highest BCUT2D eigenvalue weighted by Gasteiger charge is 2.32. The van der Waals surface area contributed by atoms with Gasteiger partial charge in [-0.3, -0.25) is 0 Å². The molecule has 0 unspecified atom stereocenters. The van der Waals surface area contributed by atoms with Gasteiger partial charge in [0.25, 0.3) is 0 Å². The third kappa shape index (κ3) is 4.48. The Kier molecular flexibility index (Phi) is 5.72. The molecule has 11 heteroatoms. The van der Waals surface area contributed by atoms with Crippen molar-refractivity contribution in [3.8, 4) is 11.4 Å². The van der Waals surface area contributed by atoms with Gasteiger partial charge in [0.2, 0.25) is 5.82 Å². The number of hydrogen-bond acceptors (Lipinski definition) is 7. The van der Waals surface area contributed by atoms with Crippen LogP contribution in [0, 0.1) is 5.82 Å². The minimum absolute atomic E-state index is 0.0750. The Hall–Kier alpha value is -2.56. The molecule has 3 aromatic rings. The van der Waals surface area contributed by atoms with E-state index in [0.29, 0.717) is 17.3 Å². The normalized spacial score (nSPS) is 18.3. The van der Waals surface area contributed by atoms with Gasteiger partial charge in [-0.15, -0.1) is 10.2 Å². The van der Waals surface area contributed by atoms with Crippen molar-refractivity contribution in [3.05, 3.63) is 52.8 Å². The minimum atomic E-state index is -3.79. The lowest BCUT2D eigenvalue weighted by Gasteiger charge is -2.26. The molecule has 0 fully saturated rings. The monoisotopic (exact) mass is 478 g/mol. The fraction of sp³-hybridized carbons (Fsp3) is 0.381. The molecular formula is C21H24ClFN6O2S. The second kappa shape index (κ2) is 8.09. The lowest BCUT2D eigenvalue weighted by Crippen LogP contribution is -2.39. The molecule has 0 saturated carbocycles. The molecule has 0 saturated heterocycles. The molecule has 0 bridgehead atoms. The van der Waals surface area contributed by atoms with E-state index in [9.17, 15) is 8.42 Å². The number of nitrogens with two attached hydrogens (primary N) is 1. The van der Waals surface area contributed by atoms with Crippen LogP contribution in [0.1, 0.15) is 26.3 Å². The summed E-state index contributed by atoms with van der Waals surface area (Å²) >= 11 is 5.99. The summed E-state index contributed by atoms with van der Waals surface area (Å²) in [6.07, 6.45) is 0. The highest BCUT2D eigenvalue weighted by molar-refractivity contribution is 7.91. The molecule has 1 aliphatic heterocycles. The first kappa shape index (κ1) is 22.6. The van der Waals surface area contributed by atoms with E-state index >= 15 is 4.39 Å². The fourth-order valence-electron chi connectivity index (χ4n) is 3.58. The predicted octanol–water partition coefficient (Wildman–Crippen LogP) is 3.01. The SMILES string of the molecule is CC(C)(C)n1nnc(-c2cc3c(cc2F)S(=O)(=O)C[C@H](N)CN3Cc2ccc(Cl)cc2)n1. The first-order valence-electron chi connectivity index (χ1n) is 10.1. The summed E-state index contributed by atoms with van der Waals surface area (Å²) in [5.41, 5.74) is 7.03. The number of fused-ring (bicyclic) bond motifs is 1. The summed E-state index contributed by atoms with van der Waals surface area (Å²) in [6.45, 7) is 6.34. The van der Waals surface area contributed by atoms with Crippen molar-refractivity contribution in [2.24, 2.45) is 5.73 Å². The van der Waals surface area contributed by atoms with Gasteiger partial charge in [0.05, 0.1) is 27.4 Å². The maximum absolute atomic E-state index is 15.1. The van der Waals surface area contributed by atoms with Crippen LogP contribution >= 0.6 is 11.6 Å². The maximum atomic E-state index is 15.1. The van der Waals surface area contributed by atoms with Crippen LogP contribution in [0.5, 0.6) is 0 Å². The highest BCUT2D eigenvalue weighted by atomic mass is 35.5. The molecule has 1 atom stereocenters. The number of hydrogen-bond donors (Lipinski definition) is 1. The van der Waals surface area contributed by atoms with E-state index in [-0.39, 0.29) is 28.6 Å². The average molecular weight is 479 g/mol. The van der Waals surface area contributed by atoms with Gasteiger partial charge >= 0.3 is 0 Å². The molecule has 4 rings (SSSR count). The molecule has 170 valence electrons. The minimum Gasteiger partial charge on any atom is -0.365 e. The Balaban J connectivity index is 1.84. The van der Waals surface area contributed by atoms with Crippen LogP contribution in [0.15, 0.2) is 41.3 Å². The molecular weight excluding hydrogens is 455 g/mol. The van der Waals surface area contributed by atoms with Crippen LogP contribution < -0.4 is 10.6 Å². The van der Waals surface area contributed by atoms with Crippen molar-refractivity contribution in [3.63, 3.8) is 0 Å². The summed E-state index contributed by atoms with van der Waals surface area (Å²) in [6, 6.07) is 9.10. The molecule has 2 heterocycles. The molecule has 0 aliphatic carbocycles. The number of benzene rings is 2. The standard InChI is InChI=1S/C21H24ClFN6O2S/c1-21(2,3)29-26-20(25-27-29)16-8-18-19(9-17(16)23)32(30,31)12-15(24)11-28(18)10-13-4-6-14(22)7-5-13/h4-9,15H,10-12,24H2,1-3H3/t15-/m1/s1.